The van der Waals surface area contributed by atoms with Crippen LogP contribution in [0.3, 0.4) is 0 Å². The van der Waals surface area contributed by atoms with Crippen molar-refractivity contribution in [2.75, 3.05) is 18.9 Å². The van der Waals surface area contributed by atoms with Gasteiger partial charge in [-0.15, -0.1) is 0 Å². The number of nitrogens with two attached hydrogens (primary N) is 1. The Balaban J connectivity index is 2.20. The third kappa shape index (κ3) is 2.80. The fourth-order valence-corrected chi connectivity index (χ4v) is 2.56. The Morgan fingerprint density at radius 2 is 2.30 bits per heavy atom. The SMILES string of the molecule is CCCc1[nH]nc(C(=O)N2CC(C)OCC2CC)c1N. The molecule has 0 radical (unpaired) electrons. The zero-order chi connectivity index (χ0) is 14.7. The van der Waals surface area contributed by atoms with E-state index in [2.05, 4.69) is 24.0 Å². The van der Waals surface area contributed by atoms with Crippen LogP contribution in [0.4, 0.5) is 5.69 Å². The second-order valence-corrected chi connectivity index (χ2v) is 5.38. The third-order valence-corrected chi connectivity index (χ3v) is 3.79. The largest absolute Gasteiger partial charge is 0.395 e. The molecule has 1 aromatic rings. The van der Waals surface area contributed by atoms with Gasteiger partial charge in [-0.2, -0.15) is 5.10 Å². The Morgan fingerprint density at radius 1 is 1.55 bits per heavy atom. The van der Waals surface area contributed by atoms with Crippen LogP contribution >= 0.6 is 0 Å². The molecule has 1 fully saturated rings. The first-order valence-corrected chi connectivity index (χ1v) is 7.33. The monoisotopic (exact) mass is 280 g/mol. The number of rotatable bonds is 4. The molecule has 20 heavy (non-hydrogen) atoms. The highest BCUT2D eigenvalue weighted by Crippen LogP contribution is 2.22. The van der Waals surface area contributed by atoms with Crippen molar-refractivity contribution in [3.05, 3.63) is 11.4 Å². The molecule has 3 N–H and O–H groups in total. The second kappa shape index (κ2) is 6.26. The van der Waals surface area contributed by atoms with E-state index in [0.717, 1.165) is 25.0 Å². The number of nitrogen functional groups attached to an aromatic ring is 1. The molecule has 2 unspecified atom stereocenters. The van der Waals surface area contributed by atoms with Crippen molar-refractivity contribution in [1.82, 2.24) is 15.1 Å². The van der Waals surface area contributed by atoms with E-state index >= 15 is 0 Å². The van der Waals surface area contributed by atoms with Crippen LogP contribution in [0.15, 0.2) is 0 Å². The van der Waals surface area contributed by atoms with Crippen LogP contribution in [0.5, 0.6) is 0 Å². The lowest BCUT2D eigenvalue weighted by Gasteiger charge is -2.38. The first kappa shape index (κ1) is 14.8. The van der Waals surface area contributed by atoms with Gasteiger partial charge in [-0.1, -0.05) is 20.3 Å². The van der Waals surface area contributed by atoms with E-state index in [1.165, 1.54) is 0 Å². The minimum absolute atomic E-state index is 0.0528. The predicted molar refractivity (Wildman–Crippen MR) is 77.5 cm³/mol. The van der Waals surface area contributed by atoms with Gasteiger partial charge in [0.2, 0.25) is 0 Å². The van der Waals surface area contributed by atoms with Gasteiger partial charge in [-0.25, -0.2) is 0 Å². The number of anilines is 1. The molecule has 1 aliphatic heterocycles. The quantitative estimate of drug-likeness (QED) is 0.877. The molecule has 0 bridgehead atoms. The maximum absolute atomic E-state index is 12.7. The Morgan fingerprint density at radius 3 is 2.95 bits per heavy atom. The van der Waals surface area contributed by atoms with Gasteiger partial charge in [-0.3, -0.25) is 9.89 Å². The average molecular weight is 280 g/mol. The summed E-state index contributed by atoms with van der Waals surface area (Å²) in [6.07, 6.45) is 2.69. The van der Waals surface area contributed by atoms with Gasteiger partial charge in [0.15, 0.2) is 5.69 Å². The summed E-state index contributed by atoms with van der Waals surface area (Å²) in [6.45, 7) is 7.27. The number of carbonyl (C=O) groups excluding carboxylic acids is 1. The van der Waals surface area contributed by atoms with Gasteiger partial charge >= 0.3 is 0 Å². The van der Waals surface area contributed by atoms with Crippen LogP contribution in [0.25, 0.3) is 0 Å². The summed E-state index contributed by atoms with van der Waals surface area (Å²) in [7, 11) is 0. The van der Waals surface area contributed by atoms with Crippen molar-refractivity contribution >= 4 is 11.6 Å². The first-order valence-electron chi connectivity index (χ1n) is 7.33. The lowest BCUT2D eigenvalue weighted by atomic mass is 10.1. The lowest BCUT2D eigenvalue weighted by Crippen LogP contribution is -2.51. The molecule has 0 aromatic carbocycles. The number of morpholine rings is 1. The van der Waals surface area contributed by atoms with E-state index in [1.807, 2.05) is 11.8 Å². The van der Waals surface area contributed by atoms with Gasteiger partial charge in [0.05, 0.1) is 30.1 Å². The fourth-order valence-electron chi connectivity index (χ4n) is 2.56. The van der Waals surface area contributed by atoms with E-state index in [9.17, 15) is 4.79 Å². The van der Waals surface area contributed by atoms with Crippen LogP contribution in [-0.2, 0) is 11.2 Å². The third-order valence-electron chi connectivity index (χ3n) is 3.79. The second-order valence-electron chi connectivity index (χ2n) is 5.38. The van der Waals surface area contributed by atoms with E-state index < -0.39 is 0 Å². The Kier molecular flexibility index (Phi) is 4.65. The Labute approximate surface area is 119 Å². The van der Waals surface area contributed by atoms with Crippen molar-refractivity contribution in [2.45, 2.75) is 52.2 Å². The number of hydrogen-bond acceptors (Lipinski definition) is 4. The number of aromatic nitrogens is 2. The van der Waals surface area contributed by atoms with Gasteiger partial charge in [0.1, 0.15) is 0 Å². The van der Waals surface area contributed by atoms with Crippen LogP contribution in [0, 0.1) is 0 Å². The van der Waals surface area contributed by atoms with Crippen molar-refractivity contribution in [2.24, 2.45) is 0 Å². The normalized spacial score (nSPS) is 23.1. The predicted octanol–water partition coefficient (Wildman–Crippen LogP) is 1.58. The van der Waals surface area contributed by atoms with E-state index in [1.54, 1.807) is 0 Å². The minimum Gasteiger partial charge on any atom is -0.395 e. The van der Waals surface area contributed by atoms with E-state index in [-0.39, 0.29) is 18.1 Å². The number of amides is 1. The molecular weight excluding hydrogens is 256 g/mol. The molecule has 1 aromatic heterocycles. The fraction of sp³-hybridized carbons (Fsp3) is 0.714. The van der Waals surface area contributed by atoms with Crippen LogP contribution in [-0.4, -0.2) is 46.3 Å². The maximum atomic E-state index is 12.7. The van der Waals surface area contributed by atoms with Crippen LogP contribution in [0.1, 0.15) is 49.8 Å². The standard InChI is InChI=1S/C14H24N4O2/c1-4-6-11-12(15)13(17-16-11)14(19)18-7-9(3)20-8-10(18)5-2/h9-10H,4-8,15H2,1-3H3,(H,16,17). The minimum atomic E-state index is -0.0943. The highest BCUT2D eigenvalue weighted by molar-refractivity contribution is 5.97. The van der Waals surface area contributed by atoms with Crippen molar-refractivity contribution in [1.29, 1.82) is 0 Å². The molecule has 2 atom stereocenters. The highest BCUT2D eigenvalue weighted by Gasteiger charge is 2.32. The molecule has 0 spiro atoms. The average Bonchev–Trinajstić information content (AvgIpc) is 2.80. The number of nitrogens with zero attached hydrogens (tertiary/aromatic N) is 2. The van der Waals surface area contributed by atoms with Gasteiger partial charge in [-0.05, 0) is 19.8 Å². The molecule has 2 rings (SSSR count). The van der Waals surface area contributed by atoms with Gasteiger partial charge in [0.25, 0.3) is 5.91 Å². The summed E-state index contributed by atoms with van der Waals surface area (Å²) < 4.78 is 5.62. The molecule has 1 amide bonds. The number of carbonyl (C=O) groups is 1. The number of nitrogens with one attached hydrogen (secondary N) is 1. The lowest BCUT2D eigenvalue weighted by molar-refractivity contribution is -0.0445. The molecule has 1 saturated heterocycles. The van der Waals surface area contributed by atoms with Crippen molar-refractivity contribution in [3.63, 3.8) is 0 Å². The number of ether oxygens (including phenoxy) is 1. The summed E-state index contributed by atoms with van der Waals surface area (Å²) in [5.74, 6) is -0.0943. The summed E-state index contributed by atoms with van der Waals surface area (Å²) in [5, 5.41) is 7.01. The van der Waals surface area contributed by atoms with Crippen molar-refractivity contribution < 1.29 is 9.53 Å². The summed E-state index contributed by atoms with van der Waals surface area (Å²) in [4.78, 5) is 14.5. The zero-order valence-corrected chi connectivity index (χ0v) is 12.5. The molecule has 2 heterocycles. The highest BCUT2D eigenvalue weighted by atomic mass is 16.5. The number of H-pyrrole nitrogens is 1. The Bertz CT molecular complexity index is 472. The molecule has 0 saturated carbocycles. The molecule has 6 nitrogen and oxygen atoms in total. The summed E-state index contributed by atoms with van der Waals surface area (Å²) in [5.41, 5.74) is 7.74. The molecule has 112 valence electrons. The van der Waals surface area contributed by atoms with E-state index in [4.69, 9.17) is 10.5 Å². The zero-order valence-electron chi connectivity index (χ0n) is 12.5. The van der Waals surface area contributed by atoms with Gasteiger partial charge < -0.3 is 15.4 Å². The maximum Gasteiger partial charge on any atom is 0.276 e. The smallest absolute Gasteiger partial charge is 0.276 e. The number of aromatic amines is 1. The molecular formula is C14H24N4O2. The summed E-state index contributed by atoms with van der Waals surface area (Å²) in [6, 6.07) is 0.101. The molecule has 6 heteroatoms. The number of aryl methyl sites for hydroxylation is 1. The van der Waals surface area contributed by atoms with Crippen molar-refractivity contribution in [3.8, 4) is 0 Å². The Hall–Kier alpha value is -1.56. The number of hydrogen-bond donors (Lipinski definition) is 2. The van der Waals surface area contributed by atoms with E-state index in [0.29, 0.717) is 24.5 Å². The topological polar surface area (TPSA) is 84.2 Å². The molecule has 0 aliphatic carbocycles. The van der Waals surface area contributed by atoms with Crippen LogP contribution < -0.4 is 5.73 Å². The molecule has 1 aliphatic rings. The first-order chi connectivity index (χ1) is 9.58. The van der Waals surface area contributed by atoms with Gasteiger partial charge in [0, 0.05) is 6.54 Å². The van der Waals surface area contributed by atoms with Crippen LogP contribution in [0.2, 0.25) is 0 Å². The summed E-state index contributed by atoms with van der Waals surface area (Å²) >= 11 is 0.